The van der Waals surface area contributed by atoms with Crippen LogP contribution in [0.3, 0.4) is 0 Å². The fraction of sp³-hybridized carbons (Fsp3) is 0.300. The van der Waals surface area contributed by atoms with Gasteiger partial charge in [-0.15, -0.1) is 11.3 Å². The van der Waals surface area contributed by atoms with Crippen molar-refractivity contribution in [3.63, 3.8) is 0 Å². The highest BCUT2D eigenvalue weighted by atomic mass is 32.1. The van der Waals surface area contributed by atoms with Gasteiger partial charge in [0.05, 0.1) is 16.9 Å². The molecule has 0 radical (unpaired) electrons. The lowest BCUT2D eigenvalue weighted by Crippen LogP contribution is -1.95. The molecule has 0 fully saturated rings. The Labute approximate surface area is 91.2 Å². The van der Waals surface area contributed by atoms with Crippen LogP contribution >= 0.6 is 11.3 Å². The van der Waals surface area contributed by atoms with Crippen molar-refractivity contribution >= 4 is 11.3 Å². The summed E-state index contributed by atoms with van der Waals surface area (Å²) in [5.74, 6) is 1.03. The SMILES string of the molecule is CC(C#N)Cc1nc(-c2cccs2)no1. The van der Waals surface area contributed by atoms with Crippen LogP contribution in [-0.2, 0) is 6.42 Å². The average molecular weight is 219 g/mol. The van der Waals surface area contributed by atoms with E-state index in [1.807, 2.05) is 24.4 Å². The molecule has 0 saturated heterocycles. The molecule has 0 amide bonds. The average Bonchev–Trinajstić information content (AvgIpc) is 2.85. The minimum Gasteiger partial charge on any atom is -0.339 e. The largest absolute Gasteiger partial charge is 0.339 e. The topological polar surface area (TPSA) is 62.7 Å². The molecule has 0 N–H and O–H groups in total. The van der Waals surface area contributed by atoms with Gasteiger partial charge in [0.15, 0.2) is 0 Å². The van der Waals surface area contributed by atoms with Crippen molar-refractivity contribution in [1.29, 1.82) is 5.26 Å². The molecular formula is C10H9N3OS. The lowest BCUT2D eigenvalue weighted by Gasteiger charge is -1.93. The molecule has 0 aliphatic carbocycles. The summed E-state index contributed by atoms with van der Waals surface area (Å²) in [6.07, 6.45) is 0.509. The summed E-state index contributed by atoms with van der Waals surface area (Å²) < 4.78 is 5.06. The summed E-state index contributed by atoms with van der Waals surface area (Å²) in [5, 5.41) is 14.5. The lowest BCUT2D eigenvalue weighted by molar-refractivity contribution is 0.370. The number of nitriles is 1. The van der Waals surface area contributed by atoms with E-state index in [-0.39, 0.29) is 5.92 Å². The number of rotatable bonds is 3. The monoisotopic (exact) mass is 219 g/mol. The molecule has 1 unspecified atom stereocenters. The highest BCUT2D eigenvalue weighted by Crippen LogP contribution is 2.21. The summed E-state index contributed by atoms with van der Waals surface area (Å²) in [4.78, 5) is 5.20. The van der Waals surface area contributed by atoms with E-state index in [2.05, 4.69) is 16.2 Å². The Kier molecular flexibility index (Phi) is 2.79. The van der Waals surface area contributed by atoms with Gasteiger partial charge in [-0.2, -0.15) is 10.2 Å². The second-order valence-electron chi connectivity index (χ2n) is 3.22. The number of aromatic nitrogens is 2. The first-order chi connectivity index (χ1) is 7.29. The first kappa shape index (κ1) is 9.87. The molecule has 0 saturated carbocycles. The zero-order valence-electron chi connectivity index (χ0n) is 8.17. The Morgan fingerprint density at radius 3 is 3.20 bits per heavy atom. The normalized spacial score (nSPS) is 12.3. The summed E-state index contributed by atoms with van der Waals surface area (Å²) in [6.45, 7) is 1.83. The molecule has 0 aromatic carbocycles. The van der Waals surface area contributed by atoms with Gasteiger partial charge in [0.25, 0.3) is 0 Å². The second kappa shape index (κ2) is 4.24. The molecule has 5 heteroatoms. The fourth-order valence-corrected chi connectivity index (χ4v) is 1.80. The van der Waals surface area contributed by atoms with Gasteiger partial charge in [0.2, 0.25) is 11.7 Å². The zero-order valence-corrected chi connectivity index (χ0v) is 8.99. The van der Waals surface area contributed by atoms with E-state index in [0.29, 0.717) is 18.1 Å². The van der Waals surface area contributed by atoms with Crippen LogP contribution in [0.5, 0.6) is 0 Å². The van der Waals surface area contributed by atoms with Gasteiger partial charge in [0, 0.05) is 6.42 Å². The van der Waals surface area contributed by atoms with E-state index in [4.69, 9.17) is 9.78 Å². The van der Waals surface area contributed by atoms with E-state index in [1.165, 1.54) is 0 Å². The van der Waals surface area contributed by atoms with Crippen molar-refractivity contribution < 1.29 is 4.52 Å². The lowest BCUT2D eigenvalue weighted by atomic mass is 10.1. The van der Waals surface area contributed by atoms with Gasteiger partial charge in [-0.05, 0) is 18.4 Å². The van der Waals surface area contributed by atoms with Gasteiger partial charge < -0.3 is 4.52 Å². The van der Waals surface area contributed by atoms with Crippen molar-refractivity contribution in [2.75, 3.05) is 0 Å². The van der Waals surface area contributed by atoms with E-state index in [9.17, 15) is 0 Å². The standard InChI is InChI=1S/C10H9N3OS/c1-7(6-11)5-9-12-10(13-14-9)8-3-2-4-15-8/h2-4,7H,5H2,1H3. The smallest absolute Gasteiger partial charge is 0.228 e. The van der Waals surface area contributed by atoms with Crippen LogP contribution in [0.1, 0.15) is 12.8 Å². The highest BCUT2D eigenvalue weighted by molar-refractivity contribution is 7.13. The van der Waals surface area contributed by atoms with Crippen LogP contribution in [-0.4, -0.2) is 10.1 Å². The molecule has 0 bridgehead atoms. The maximum Gasteiger partial charge on any atom is 0.228 e. The van der Waals surface area contributed by atoms with Crippen molar-refractivity contribution in [1.82, 2.24) is 10.1 Å². The number of nitrogens with zero attached hydrogens (tertiary/aromatic N) is 3. The maximum absolute atomic E-state index is 8.65. The Morgan fingerprint density at radius 2 is 2.53 bits per heavy atom. The minimum atomic E-state index is -0.0957. The summed E-state index contributed by atoms with van der Waals surface area (Å²) in [6, 6.07) is 6.01. The Hall–Kier alpha value is -1.67. The van der Waals surface area contributed by atoms with Crippen molar-refractivity contribution in [3.8, 4) is 16.8 Å². The van der Waals surface area contributed by atoms with Crippen LogP contribution < -0.4 is 0 Å². The van der Waals surface area contributed by atoms with Crippen molar-refractivity contribution in [2.24, 2.45) is 5.92 Å². The molecule has 0 aliphatic heterocycles. The molecule has 15 heavy (non-hydrogen) atoms. The highest BCUT2D eigenvalue weighted by Gasteiger charge is 2.11. The van der Waals surface area contributed by atoms with Crippen molar-refractivity contribution in [2.45, 2.75) is 13.3 Å². The second-order valence-corrected chi connectivity index (χ2v) is 4.17. The Balaban J connectivity index is 2.15. The first-order valence-electron chi connectivity index (χ1n) is 4.55. The molecule has 2 rings (SSSR count). The third-order valence-corrected chi connectivity index (χ3v) is 2.78. The molecule has 2 aromatic rings. The Bertz CT molecular complexity index is 469. The number of hydrogen-bond donors (Lipinski definition) is 0. The number of hydrogen-bond acceptors (Lipinski definition) is 5. The number of thiophene rings is 1. The third-order valence-electron chi connectivity index (χ3n) is 1.91. The molecule has 76 valence electrons. The first-order valence-corrected chi connectivity index (χ1v) is 5.43. The van der Waals surface area contributed by atoms with Gasteiger partial charge in [-0.1, -0.05) is 11.2 Å². The third kappa shape index (κ3) is 2.22. The predicted octanol–water partition coefficient (Wildman–Crippen LogP) is 2.50. The zero-order chi connectivity index (χ0) is 10.7. The Morgan fingerprint density at radius 1 is 1.67 bits per heavy atom. The van der Waals surface area contributed by atoms with Crippen LogP contribution in [0.25, 0.3) is 10.7 Å². The molecule has 0 aliphatic rings. The van der Waals surface area contributed by atoms with E-state index in [0.717, 1.165) is 4.88 Å². The van der Waals surface area contributed by atoms with Gasteiger partial charge in [-0.25, -0.2) is 0 Å². The van der Waals surface area contributed by atoms with Gasteiger partial charge in [0.1, 0.15) is 0 Å². The quantitative estimate of drug-likeness (QED) is 0.795. The summed E-state index contributed by atoms with van der Waals surface area (Å²) >= 11 is 1.56. The van der Waals surface area contributed by atoms with Crippen LogP contribution in [0.15, 0.2) is 22.0 Å². The molecule has 0 spiro atoms. The van der Waals surface area contributed by atoms with Crippen LogP contribution in [0.2, 0.25) is 0 Å². The van der Waals surface area contributed by atoms with Crippen LogP contribution in [0, 0.1) is 17.2 Å². The molecular weight excluding hydrogens is 210 g/mol. The van der Waals surface area contributed by atoms with Crippen LogP contribution in [0.4, 0.5) is 0 Å². The van der Waals surface area contributed by atoms with E-state index in [1.54, 1.807) is 11.3 Å². The van der Waals surface area contributed by atoms with Gasteiger partial charge in [-0.3, -0.25) is 0 Å². The van der Waals surface area contributed by atoms with Gasteiger partial charge >= 0.3 is 0 Å². The predicted molar refractivity (Wildman–Crippen MR) is 56.1 cm³/mol. The van der Waals surface area contributed by atoms with E-state index < -0.39 is 0 Å². The molecule has 1 atom stereocenters. The molecule has 2 heterocycles. The van der Waals surface area contributed by atoms with Crippen molar-refractivity contribution in [3.05, 3.63) is 23.4 Å². The van der Waals surface area contributed by atoms with E-state index >= 15 is 0 Å². The molecule has 4 nitrogen and oxygen atoms in total. The maximum atomic E-state index is 8.65. The fourth-order valence-electron chi connectivity index (χ4n) is 1.15. The summed E-state index contributed by atoms with van der Waals surface area (Å²) in [5.41, 5.74) is 0. The molecule has 2 aromatic heterocycles. The minimum absolute atomic E-state index is 0.0957. The summed E-state index contributed by atoms with van der Waals surface area (Å²) in [7, 11) is 0.